The van der Waals surface area contributed by atoms with Gasteiger partial charge in [0.1, 0.15) is 0 Å². The quantitative estimate of drug-likeness (QED) is 0.499. The molecule has 0 aliphatic carbocycles. The van der Waals surface area contributed by atoms with Crippen LogP contribution in [0.1, 0.15) is 0 Å². The van der Waals surface area contributed by atoms with Crippen LogP contribution in [0, 0.1) is 0 Å². The zero-order valence-corrected chi connectivity index (χ0v) is 15.4. The van der Waals surface area contributed by atoms with Crippen LogP contribution in [-0.2, 0) is 4.79 Å². The zero-order valence-electron chi connectivity index (χ0n) is 10.7. The molecule has 0 atom stereocenters. The molecule has 0 fully saturated rings. The smallest absolute Gasteiger partial charge is 0.234 e. The maximum absolute atomic E-state index is 12.0. The van der Waals surface area contributed by atoms with E-state index in [0.717, 1.165) is 19.5 Å². The van der Waals surface area contributed by atoms with E-state index in [0.29, 0.717) is 10.7 Å². The third kappa shape index (κ3) is 4.92. The molecule has 2 rings (SSSR count). The highest BCUT2D eigenvalue weighted by atomic mass is 79.9. The molecule has 0 unspecified atom stereocenters. The average Bonchev–Trinajstić information content (AvgIpc) is 2.43. The van der Waals surface area contributed by atoms with Gasteiger partial charge >= 0.3 is 0 Å². The largest absolute Gasteiger partial charge is 0.398 e. The Morgan fingerprint density at radius 3 is 2.71 bits per heavy atom. The average molecular weight is 451 g/mol. The van der Waals surface area contributed by atoms with E-state index in [-0.39, 0.29) is 11.7 Å². The molecule has 7 heteroatoms. The van der Waals surface area contributed by atoms with Gasteiger partial charge in [0.2, 0.25) is 5.91 Å². The number of nitrogens with one attached hydrogen (secondary N) is 1. The van der Waals surface area contributed by atoms with Crippen molar-refractivity contribution >= 4 is 72.5 Å². The highest BCUT2D eigenvalue weighted by Crippen LogP contribution is 2.29. The summed E-state index contributed by atoms with van der Waals surface area (Å²) in [5.41, 5.74) is 7.18. The summed E-state index contributed by atoms with van der Waals surface area (Å²) in [7, 11) is 0. The van der Waals surface area contributed by atoms with Crippen LogP contribution < -0.4 is 11.1 Å². The molecule has 2 aromatic carbocycles. The lowest BCUT2D eigenvalue weighted by Gasteiger charge is -2.09. The van der Waals surface area contributed by atoms with Gasteiger partial charge in [0.05, 0.1) is 11.4 Å². The van der Waals surface area contributed by atoms with Crippen molar-refractivity contribution in [2.75, 3.05) is 16.8 Å². The first-order valence-electron chi connectivity index (χ1n) is 5.88. The van der Waals surface area contributed by atoms with Gasteiger partial charge in [0.25, 0.3) is 0 Å². The number of hydrogen-bond donors (Lipinski definition) is 2. The SMILES string of the molecule is Nc1ccc(Cl)cc1SCC(=O)Nc1ccc(Br)cc1Br. The van der Waals surface area contributed by atoms with E-state index in [9.17, 15) is 4.79 Å². The summed E-state index contributed by atoms with van der Waals surface area (Å²) >= 11 is 14.0. The second-order valence-electron chi connectivity index (χ2n) is 4.14. The molecule has 0 bridgehead atoms. The van der Waals surface area contributed by atoms with E-state index in [1.165, 1.54) is 11.8 Å². The topological polar surface area (TPSA) is 55.1 Å². The summed E-state index contributed by atoms with van der Waals surface area (Å²) in [6.45, 7) is 0. The van der Waals surface area contributed by atoms with Crippen molar-refractivity contribution in [3.05, 3.63) is 50.4 Å². The molecule has 0 aromatic heterocycles. The van der Waals surface area contributed by atoms with E-state index < -0.39 is 0 Å². The third-order valence-corrected chi connectivity index (χ3v) is 5.00. The Bertz CT molecular complexity index is 682. The van der Waals surface area contributed by atoms with Gasteiger partial charge in [-0.1, -0.05) is 27.5 Å². The monoisotopic (exact) mass is 448 g/mol. The molecule has 0 radical (unpaired) electrons. The molecular weight excluding hydrogens is 439 g/mol. The van der Waals surface area contributed by atoms with Crippen molar-refractivity contribution in [3.8, 4) is 0 Å². The maximum Gasteiger partial charge on any atom is 0.234 e. The lowest BCUT2D eigenvalue weighted by molar-refractivity contribution is -0.113. The molecular formula is C14H11Br2ClN2OS. The minimum absolute atomic E-state index is 0.109. The van der Waals surface area contributed by atoms with Gasteiger partial charge in [-0.2, -0.15) is 0 Å². The van der Waals surface area contributed by atoms with Crippen molar-refractivity contribution in [2.24, 2.45) is 0 Å². The molecule has 3 nitrogen and oxygen atoms in total. The minimum atomic E-state index is -0.109. The number of rotatable bonds is 4. The normalized spacial score (nSPS) is 10.4. The van der Waals surface area contributed by atoms with Crippen molar-refractivity contribution in [3.63, 3.8) is 0 Å². The molecule has 0 aliphatic rings. The fourth-order valence-electron chi connectivity index (χ4n) is 1.55. The number of carbonyl (C=O) groups excluding carboxylic acids is 1. The van der Waals surface area contributed by atoms with Crippen LogP contribution in [0.2, 0.25) is 5.02 Å². The molecule has 0 spiro atoms. The number of amides is 1. The van der Waals surface area contributed by atoms with E-state index in [1.807, 2.05) is 18.2 Å². The molecule has 110 valence electrons. The Labute approximate surface area is 148 Å². The number of carbonyl (C=O) groups is 1. The van der Waals surface area contributed by atoms with E-state index in [4.69, 9.17) is 17.3 Å². The fraction of sp³-hybridized carbons (Fsp3) is 0.0714. The lowest BCUT2D eigenvalue weighted by atomic mass is 10.3. The summed E-state index contributed by atoms with van der Waals surface area (Å²) in [6, 6.07) is 10.8. The molecule has 2 aromatic rings. The molecule has 21 heavy (non-hydrogen) atoms. The molecule has 1 amide bonds. The number of nitrogens with two attached hydrogens (primary N) is 1. The fourth-order valence-corrected chi connectivity index (χ4v) is 3.74. The Balaban J connectivity index is 1.97. The summed E-state index contributed by atoms with van der Waals surface area (Å²) in [5.74, 6) is 0.148. The van der Waals surface area contributed by atoms with Crippen LogP contribution in [0.4, 0.5) is 11.4 Å². The van der Waals surface area contributed by atoms with Crippen LogP contribution in [-0.4, -0.2) is 11.7 Å². The van der Waals surface area contributed by atoms with Crippen LogP contribution in [0.25, 0.3) is 0 Å². The predicted molar refractivity (Wildman–Crippen MR) is 97.1 cm³/mol. The van der Waals surface area contributed by atoms with E-state index in [2.05, 4.69) is 37.2 Å². The van der Waals surface area contributed by atoms with Crippen molar-refractivity contribution < 1.29 is 4.79 Å². The Kier molecular flexibility index (Phi) is 5.98. The third-order valence-electron chi connectivity index (χ3n) is 2.54. The number of nitrogen functional groups attached to an aromatic ring is 1. The predicted octanol–water partition coefficient (Wildman–Crippen LogP) is 5.18. The zero-order chi connectivity index (χ0) is 15.4. The van der Waals surface area contributed by atoms with Crippen LogP contribution in [0.15, 0.2) is 50.2 Å². The minimum Gasteiger partial charge on any atom is -0.398 e. The first-order chi connectivity index (χ1) is 9.95. The summed E-state index contributed by atoms with van der Waals surface area (Å²) in [5, 5.41) is 3.44. The highest BCUT2D eigenvalue weighted by Gasteiger charge is 2.08. The second-order valence-corrected chi connectivity index (χ2v) is 7.37. The Morgan fingerprint density at radius 2 is 2.00 bits per heavy atom. The van der Waals surface area contributed by atoms with Gasteiger partial charge in [-0.15, -0.1) is 11.8 Å². The lowest BCUT2D eigenvalue weighted by Crippen LogP contribution is -2.14. The number of thioether (sulfide) groups is 1. The van der Waals surface area contributed by atoms with E-state index in [1.54, 1.807) is 18.2 Å². The van der Waals surface area contributed by atoms with Crippen molar-refractivity contribution in [1.29, 1.82) is 0 Å². The van der Waals surface area contributed by atoms with Gasteiger partial charge in [-0.25, -0.2) is 0 Å². The first kappa shape index (κ1) is 16.7. The van der Waals surface area contributed by atoms with Crippen molar-refractivity contribution in [2.45, 2.75) is 4.90 Å². The molecule has 0 saturated carbocycles. The second kappa shape index (κ2) is 7.54. The molecule has 0 heterocycles. The van der Waals surface area contributed by atoms with Gasteiger partial charge in [-0.05, 0) is 52.3 Å². The van der Waals surface area contributed by atoms with Crippen LogP contribution in [0.3, 0.4) is 0 Å². The summed E-state index contributed by atoms with van der Waals surface area (Å²) in [4.78, 5) is 12.8. The van der Waals surface area contributed by atoms with Crippen molar-refractivity contribution in [1.82, 2.24) is 0 Å². The van der Waals surface area contributed by atoms with Gasteiger partial charge in [0.15, 0.2) is 0 Å². The van der Waals surface area contributed by atoms with Crippen LogP contribution in [0.5, 0.6) is 0 Å². The number of hydrogen-bond acceptors (Lipinski definition) is 3. The van der Waals surface area contributed by atoms with Gasteiger partial charge in [-0.3, -0.25) is 4.79 Å². The van der Waals surface area contributed by atoms with Gasteiger partial charge < -0.3 is 11.1 Å². The standard InChI is InChI=1S/C14H11Br2ClN2OS/c15-8-1-4-12(10(16)5-8)19-14(20)7-21-13-6-9(17)2-3-11(13)18/h1-6H,7,18H2,(H,19,20). The molecule has 0 aliphatic heterocycles. The number of anilines is 2. The number of benzene rings is 2. The highest BCUT2D eigenvalue weighted by molar-refractivity contribution is 9.11. The van der Waals surface area contributed by atoms with E-state index >= 15 is 0 Å². The Morgan fingerprint density at radius 1 is 1.24 bits per heavy atom. The maximum atomic E-state index is 12.0. The summed E-state index contributed by atoms with van der Waals surface area (Å²) in [6.07, 6.45) is 0. The van der Waals surface area contributed by atoms with Gasteiger partial charge in [0, 0.05) is 24.6 Å². The Hall–Kier alpha value is -0.690. The molecule has 3 N–H and O–H groups in total. The summed E-state index contributed by atoms with van der Waals surface area (Å²) < 4.78 is 1.76. The number of halogens is 3. The van der Waals surface area contributed by atoms with Crippen LogP contribution >= 0.6 is 55.2 Å². The first-order valence-corrected chi connectivity index (χ1v) is 8.83. The molecule has 0 saturated heterocycles.